The van der Waals surface area contributed by atoms with E-state index in [1.165, 1.54) is 33.0 Å². The van der Waals surface area contributed by atoms with E-state index in [1.807, 2.05) is 0 Å². The summed E-state index contributed by atoms with van der Waals surface area (Å²) in [6.07, 6.45) is 0. The second-order valence-electron chi connectivity index (χ2n) is 7.43. The SMILES string of the molecule is CC(C)C1(C(C)C)c2ccccc2-c2c1ccc1ccccc21. The molecule has 0 aromatic heterocycles. The highest BCUT2D eigenvalue weighted by Gasteiger charge is 2.47. The minimum absolute atomic E-state index is 0.107. The first-order valence-corrected chi connectivity index (χ1v) is 8.70. The summed E-state index contributed by atoms with van der Waals surface area (Å²) in [7, 11) is 0. The van der Waals surface area contributed by atoms with E-state index in [4.69, 9.17) is 0 Å². The first-order valence-electron chi connectivity index (χ1n) is 8.70. The molecule has 1 aliphatic rings. The van der Waals surface area contributed by atoms with Crippen LogP contribution in [0.2, 0.25) is 0 Å². The number of hydrogen-bond acceptors (Lipinski definition) is 0. The second-order valence-corrected chi connectivity index (χ2v) is 7.43. The molecule has 0 amide bonds. The van der Waals surface area contributed by atoms with Crippen LogP contribution >= 0.6 is 0 Å². The summed E-state index contributed by atoms with van der Waals surface area (Å²) in [6.45, 7) is 9.50. The van der Waals surface area contributed by atoms with Crippen molar-refractivity contribution in [2.24, 2.45) is 11.8 Å². The summed E-state index contributed by atoms with van der Waals surface area (Å²) in [5.74, 6) is 1.12. The molecule has 0 N–H and O–H groups in total. The van der Waals surface area contributed by atoms with Crippen molar-refractivity contribution in [1.29, 1.82) is 0 Å². The van der Waals surface area contributed by atoms with E-state index >= 15 is 0 Å². The Labute approximate surface area is 139 Å². The van der Waals surface area contributed by atoms with E-state index in [2.05, 4.69) is 88.4 Å². The number of benzene rings is 3. The summed E-state index contributed by atoms with van der Waals surface area (Å²) < 4.78 is 0. The predicted octanol–water partition coefficient (Wildman–Crippen LogP) is 6.42. The zero-order valence-electron chi connectivity index (χ0n) is 14.4. The lowest BCUT2D eigenvalue weighted by Gasteiger charge is -2.40. The maximum absolute atomic E-state index is 2.39. The maximum atomic E-state index is 2.39. The molecule has 0 heterocycles. The smallest absolute Gasteiger partial charge is 0.0261 e. The molecule has 0 fully saturated rings. The molecule has 23 heavy (non-hydrogen) atoms. The van der Waals surface area contributed by atoms with Crippen LogP contribution in [0.3, 0.4) is 0 Å². The molecule has 0 saturated heterocycles. The van der Waals surface area contributed by atoms with Crippen molar-refractivity contribution >= 4 is 10.8 Å². The first-order chi connectivity index (χ1) is 11.1. The monoisotopic (exact) mass is 300 g/mol. The van der Waals surface area contributed by atoms with Crippen LogP contribution in [0.4, 0.5) is 0 Å². The quantitative estimate of drug-likeness (QED) is 0.512. The summed E-state index contributed by atoms with van der Waals surface area (Å²) >= 11 is 0. The summed E-state index contributed by atoms with van der Waals surface area (Å²) in [4.78, 5) is 0. The van der Waals surface area contributed by atoms with Gasteiger partial charge in [0.15, 0.2) is 0 Å². The molecular formula is C23H24. The molecule has 3 aromatic rings. The molecule has 4 rings (SSSR count). The highest BCUT2D eigenvalue weighted by molar-refractivity contribution is 6.02. The second kappa shape index (κ2) is 4.96. The minimum atomic E-state index is 0.107. The fourth-order valence-corrected chi connectivity index (χ4v) is 5.02. The molecular weight excluding hydrogens is 276 g/mol. The average molecular weight is 300 g/mol. The van der Waals surface area contributed by atoms with E-state index in [-0.39, 0.29) is 5.41 Å². The Morgan fingerprint density at radius 3 is 2.04 bits per heavy atom. The first kappa shape index (κ1) is 14.5. The van der Waals surface area contributed by atoms with Gasteiger partial charge in [0, 0.05) is 5.41 Å². The largest absolute Gasteiger partial charge is 0.0619 e. The molecule has 0 unspecified atom stereocenters. The topological polar surface area (TPSA) is 0 Å². The maximum Gasteiger partial charge on any atom is 0.0261 e. The number of fused-ring (bicyclic) bond motifs is 5. The van der Waals surface area contributed by atoms with Gasteiger partial charge in [0.1, 0.15) is 0 Å². The lowest BCUT2D eigenvalue weighted by Crippen LogP contribution is -2.37. The molecule has 0 bridgehead atoms. The third-order valence-corrected chi connectivity index (χ3v) is 5.84. The van der Waals surface area contributed by atoms with Crippen molar-refractivity contribution in [3.8, 4) is 11.1 Å². The Balaban J connectivity index is 2.21. The standard InChI is InChI=1S/C23H24/c1-15(2)23(16(3)4)20-12-8-7-11-19(20)22-18-10-6-5-9-17(18)13-14-21(22)23/h5-16H,1-4H3. The zero-order chi connectivity index (χ0) is 16.2. The van der Waals surface area contributed by atoms with Gasteiger partial charge in [0.25, 0.3) is 0 Å². The van der Waals surface area contributed by atoms with Crippen LogP contribution in [0, 0.1) is 11.8 Å². The fraction of sp³-hybridized carbons (Fsp3) is 0.304. The third kappa shape index (κ3) is 1.72. The van der Waals surface area contributed by atoms with E-state index in [9.17, 15) is 0 Å². The van der Waals surface area contributed by atoms with Crippen LogP contribution in [-0.2, 0) is 5.41 Å². The van der Waals surface area contributed by atoms with Crippen molar-refractivity contribution in [3.63, 3.8) is 0 Å². The average Bonchev–Trinajstić information content (AvgIpc) is 2.86. The van der Waals surface area contributed by atoms with Gasteiger partial charge in [0.05, 0.1) is 0 Å². The molecule has 0 heteroatoms. The molecule has 1 aliphatic carbocycles. The lowest BCUT2D eigenvalue weighted by molar-refractivity contribution is 0.280. The van der Waals surface area contributed by atoms with Gasteiger partial charge >= 0.3 is 0 Å². The summed E-state index contributed by atoms with van der Waals surface area (Å²) in [5, 5.41) is 2.73. The van der Waals surface area contributed by atoms with Crippen molar-refractivity contribution in [3.05, 3.63) is 71.8 Å². The fourth-order valence-electron chi connectivity index (χ4n) is 5.02. The van der Waals surface area contributed by atoms with Crippen LogP contribution < -0.4 is 0 Å². The number of rotatable bonds is 2. The van der Waals surface area contributed by atoms with Crippen LogP contribution in [0.25, 0.3) is 21.9 Å². The van der Waals surface area contributed by atoms with Gasteiger partial charge in [-0.2, -0.15) is 0 Å². The van der Waals surface area contributed by atoms with Crippen LogP contribution in [0.5, 0.6) is 0 Å². The van der Waals surface area contributed by atoms with Crippen molar-refractivity contribution in [2.75, 3.05) is 0 Å². The molecule has 116 valence electrons. The van der Waals surface area contributed by atoms with Gasteiger partial charge in [-0.3, -0.25) is 0 Å². The van der Waals surface area contributed by atoms with Gasteiger partial charge in [-0.15, -0.1) is 0 Å². The van der Waals surface area contributed by atoms with E-state index < -0.39 is 0 Å². The van der Waals surface area contributed by atoms with E-state index in [0.29, 0.717) is 11.8 Å². The van der Waals surface area contributed by atoms with Crippen LogP contribution in [0.1, 0.15) is 38.8 Å². The van der Waals surface area contributed by atoms with Gasteiger partial charge < -0.3 is 0 Å². The van der Waals surface area contributed by atoms with Crippen LogP contribution in [0.15, 0.2) is 60.7 Å². The zero-order valence-corrected chi connectivity index (χ0v) is 14.4. The normalized spacial score (nSPS) is 15.2. The Bertz CT molecular complexity index is 875. The minimum Gasteiger partial charge on any atom is -0.0619 e. The Morgan fingerprint density at radius 2 is 1.30 bits per heavy atom. The van der Waals surface area contributed by atoms with Crippen molar-refractivity contribution < 1.29 is 0 Å². The molecule has 3 aromatic carbocycles. The Hall–Kier alpha value is -2.08. The van der Waals surface area contributed by atoms with Gasteiger partial charge in [-0.1, -0.05) is 88.4 Å². The number of hydrogen-bond donors (Lipinski definition) is 0. The summed E-state index contributed by atoms with van der Waals surface area (Å²) in [6, 6.07) is 22.5. The highest BCUT2D eigenvalue weighted by atomic mass is 14.5. The van der Waals surface area contributed by atoms with E-state index in [1.54, 1.807) is 0 Å². The van der Waals surface area contributed by atoms with Gasteiger partial charge in [-0.25, -0.2) is 0 Å². The molecule has 0 atom stereocenters. The van der Waals surface area contributed by atoms with E-state index in [0.717, 1.165) is 0 Å². The van der Waals surface area contributed by atoms with Crippen LogP contribution in [-0.4, -0.2) is 0 Å². The molecule has 0 nitrogen and oxygen atoms in total. The summed E-state index contributed by atoms with van der Waals surface area (Å²) in [5.41, 5.74) is 6.03. The van der Waals surface area contributed by atoms with Crippen molar-refractivity contribution in [1.82, 2.24) is 0 Å². The molecule has 0 aliphatic heterocycles. The predicted molar refractivity (Wildman–Crippen MR) is 99.8 cm³/mol. The van der Waals surface area contributed by atoms with Crippen molar-refractivity contribution in [2.45, 2.75) is 33.1 Å². The molecule has 0 spiro atoms. The lowest BCUT2D eigenvalue weighted by atomic mass is 9.63. The third-order valence-electron chi connectivity index (χ3n) is 5.84. The highest BCUT2D eigenvalue weighted by Crippen LogP contribution is 2.57. The van der Waals surface area contributed by atoms with Gasteiger partial charge in [-0.05, 0) is 44.9 Å². The van der Waals surface area contributed by atoms with Gasteiger partial charge in [0.2, 0.25) is 0 Å². The molecule has 0 saturated carbocycles. The Morgan fingerprint density at radius 1 is 0.652 bits per heavy atom. The Kier molecular flexibility index (Phi) is 3.13. The molecule has 0 radical (unpaired) electrons.